The van der Waals surface area contributed by atoms with Gasteiger partial charge >= 0.3 is 0 Å². The first-order valence-electron chi connectivity index (χ1n) is 3.57. The molecule has 1 heterocycles. The van der Waals surface area contributed by atoms with Crippen molar-refractivity contribution in [2.45, 2.75) is 27.1 Å². The van der Waals surface area contributed by atoms with Gasteiger partial charge in [0.1, 0.15) is 0 Å². The molecule has 1 nitrogen and oxygen atoms in total. The van der Waals surface area contributed by atoms with Crippen molar-refractivity contribution in [1.82, 2.24) is 0 Å². The first-order valence-corrected chi connectivity index (χ1v) is 3.57. The molecule has 0 bridgehead atoms. The third kappa shape index (κ3) is 1.29. The van der Waals surface area contributed by atoms with Crippen molar-refractivity contribution in [2.75, 3.05) is 0 Å². The van der Waals surface area contributed by atoms with Crippen LogP contribution in [0.5, 0.6) is 0 Å². The van der Waals surface area contributed by atoms with Gasteiger partial charge in [0, 0.05) is 0 Å². The minimum Gasteiger partial charge on any atom is -0.369 e. The van der Waals surface area contributed by atoms with Gasteiger partial charge in [0.25, 0.3) is 0 Å². The Balaban J connectivity index is 0.000000605. The summed E-state index contributed by atoms with van der Waals surface area (Å²) in [6, 6.07) is 8.37. The number of fused-ring (bicyclic) bond motifs is 1. The molecule has 1 heteroatoms. The maximum Gasteiger partial charge on any atom is 0.0804 e. The molecule has 60 valence electrons. The van der Waals surface area contributed by atoms with Crippen LogP contribution in [-0.2, 0) is 11.3 Å². The highest BCUT2D eigenvalue weighted by Gasteiger charge is 2.16. The Hall–Kier alpha value is -0.820. The molecule has 0 saturated heterocycles. The predicted molar refractivity (Wildman–Crippen MR) is 46.4 cm³/mol. The Morgan fingerprint density at radius 3 is 2.82 bits per heavy atom. The second-order valence-corrected chi connectivity index (χ2v) is 2.65. The standard InChI is InChI=1S/C9H10O.CH4/c1-7-9-5-3-2-4-8(9)6-10-7;/h2-5,7H,6H2,1H3;1H4. The zero-order valence-corrected chi connectivity index (χ0v) is 6.00. The molecule has 0 saturated carbocycles. The molecule has 0 fully saturated rings. The number of hydrogen-bond acceptors (Lipinski definition) is 1. The summed E-state index contributed by atoms with van der Waals surface area (Å²) in [7, 11) is 0. The van der Waals surface area contributed by atoms with E-state index in [-0.39, 0.29) is 7.43 Å². The van der Waals surface area contributed by atoms with Crippen molar-refractivity contribution >= 4 is 0 Å². The molecule has 1 aliphatic heterocycles. The predicted octanol–water partition coefficient (Wildman–Crippen LogP) is 2.91. The van der Waals surface area contributed by atoms with E-state index in [0.717, 1.165) is 6.61 Å². The van der Waals surface area contributed by atoms with Crippen LogP contribution in [0.2, 0.25) is 0 Å². The fourth-order valence-electron chi connectivity index (χ4n) is 1.37. The van der Waals surface area contributed by atoms with E-state index < -0.39 is 0 Å². The van der Waals surface area contributed by atoms with Gasteiger partial charge in [0.2, 0.25) is 0 Å². The van der Waals surface area contributed by atoms with Crippen LogP contribution in [0.3, 0.4) is 0 Å². The van der Waals surface area contributed by atoms with Gasteiger partial charge < -0.3 is 4.74 Å². The lowest BCUT2D eigenvalue weighted by Crippen LogP contribution is -1.85. The maximum absolute atomic E-state index is 5.42. The topological polar surface area (TPSA) is 9.23 Å². The fraction of sp³-hybridized carbons (Fsp3) is 0.400. The monoisotopic (exact) mass is 150 g/mol. The van der Waals surface area contributed by atoms with E-state index in [0.29, 0.717) is 6.10 Å². The molecule has 1 aliphatic rings. The Kier molecular flexibility index (Phi) is 2.30. The molecule has 1 atom stereocenters. The lowest BCUT2D eigenvalue weighted by molar-refractivity contribution is 0.0796. The second kappa shape index (κ2) is 3.05. The van der Waals surface area contributed by atoms with Crippen molar-refractivity contribution in [3.63, 3.8) is 0 Å². The summed E-state index contributed by atoms with van der Waals surface area (Å²) in [6.45, 7) is 2.88. The third-order valence-corrected chi connectivity index (χ3v) is 1.98. The van der Waals surface area contributed by atoms with Crippen LogP contribution in [0, 0.1) is 0 Å². The van der Waals surface area contributed by atoms with E-state index in [4.69, 9.17) is 4.74 Å². The van der Waals surface area contributed by atoms with E-state index in [1.54, 1.807) is 0 Å². The van der Waals surface area contributed by atoms with Crippen LogP contribution in [0.1, 0.15) is 31.6 Å². The molecule has 2 rings (SSSR count). The van der Waals surface area contributed by atoms with Crippen LogP contribution in [0.15, 0.2) is 24.3 Å². The fourth-order valence-corrected chi connectivity index (χ4v) is 1.37. The van der Waals surface area contributed by atoms with Crippen molar-refractivity contribution < 1.29 is 4.74 Å². The van der Waals surface area contributed by atoms with Gasteiger partial charge in [-0.3, -0.25) is 0 Å². The SMILES string of the molecule is C.CC1OCc2ccccc21. The van der Waals surface area contributed by atoms with Gasteiger partial charge in [0.15, 0.2) is 0 Å². The molecule has 0 aliphatic carbocycles. The average Bonchev–Trinajstić information content (AvgIpc) is 2.34. The molecule has 1 unspecified atom stereocenters. The highest BCUT2D eigenvalue weighted by Crippen LogP contribution is 2.28. The smallest absolute Gasteiger partial charge is 0.0804 e. The van der Waals surface area contributed by atoms with Crippen LogP contribution in [-0.4, -0.2) is 0 Å². The average molecular weight is 150 g/mol. The lowest BCUT2D eigenvalue weighted by Gasteiger charge is -2.00. The number of benzene rings is 1. The van der Waals surface area contributed by atoms with Gasteiger partial charge in [-0.05, 0) is 18.1 Å². The minimum absolute atomic E-state index is 0. The molecule has 11 heavy (non-hydrogen) atoms. The molecule has 0 N–H and O–H groups in total. The van der Waals surface area contributed by atoms with Gasteiger partial charge in [-0.2, -0.15) is 0 Å². The second-order valence-electron chi connectivity index (χ2n) is 2.65. The first-order chi connectivity index (χ1) is 4.88. The van der Waals surface area contributed by atoms with Crippen molar-refractivity contribution in [2.24, 2.45) is 0 Å². The van der Waals surface area contributed by atoms with Crippen molar-refractivity contribution in [1.29, 1.82) is 0 Å². The Morgan fingerprint density at radius 1 is 1.36 bits per heavy atom. The van der Waals surface area contributed by atoms with E-state index in [2.05, 4.69) is 31.2 Å². The summed E-state index contributed by atoms with van der Waals surface area (Å²) in [6.07, 6.45) is 0.302. The van der Waals surface area contributed by atoms with Gasteiger partial charge in [-0.15, -0.1) is 0 Å². The molecule has 1 aromatic carbocycles. The molecule has 0 radical (unpaired) electrons. The molecule has 0 aromatic heterocycles. The third-order valence-electron chi connectivity index (χ3n) is 1.98. The highest BCUT2D eigenvalue weighted by atomic mass is 16.5. The summed E-state index contributed by atoms with van der Waals surface area (Å²) in [5, 5.41) is 0. The van der Waals surface area contributed by atoms with Crippen molar-refractivity contribution in [3.8, 4) is 0 Å². The largest absolute Gasteiger partial charge is 0.369 e. The summed E-state index contributed by atoms with van der Waals surface area (Å²) in [5.74, 6) is 0. The van der Waals surface area contributed by atoms with Gasteiger partial charge in [-0.25, -0.2) is 0 Å². The zero-order chi connectivity index (χ0) is 6.97. The van der Waals surface area contributed by atoms with E-state index in [1.807, 2.05) is 0 Å². The molecular weight excluding hydrogens is 136 g/mol. The van der Waals surface area contributed by atoms with Crippen LogP contribution in [0.4, 0.5) is 0 Å². The molecule has 1 aromatic rings. The molecule has 0 amide bonds. The van der Waals surface area contributed by atoms with Crippen LogP contribution in [0.25, 0.3) is 0 Å². The zero-order valence-electron chi connectivity index (χ0n) is 6.00. The Labute approximate surface area is 68.0 Å². The van der Waals surface area contributed by atoms with Crippen LogP contribution >= 0.6 is 0 Å². The Bertz CT molecular complexity index is 242. The maximum atomic E-state index is 5.42. The normalized spacial score (nSPS) is 20.6. The summed E-state index contributed by atoms with van der Waals surface area (Å²) in [4.78, 5) is 0. The summed E-state index contributed by atoms with van der Waals surface area (Å²) < 4.78 is 5.42. The summed E-state index contributed by atoms with van der Waals surface area (Å²) >= 11 is 0. The number of hydrogen-bond donors (Lipinski definition) is 0. The van der Waals surface area contributed by atoms with Crippen molar-refractivity contribution in [3.05, 3.63) is 35.4 Å². The minimum atomic E-state index is 0. The number of ether oxygens (including phenoxy) is 1. The molecular formula is C10H14O. The van der Waals surface area contributed by atoms with Crippen LogP contribution < -0.4 is 0 Å². The summed E-state index contributed by atoms with van der Waals surface area (Å²) in [5.41, 5.74) is 2.69. The van der Waals surface area contributed by atoms with E-state index >= 15 is 0 Å². The Morgan fingerprint density at radius 2 is 2.09 bits per heavy atom. The number of rotatable bonds is 0. The molecule has 0 spiro atoms. The van der Waals surface area contributed by atoms with Gasteiger partial charge in [-0.1, -0.05) is 31.7 Å². The van der Waals surface area contributed by atoms with E-state index in [9.17, 15) is 0 Å². The highest BCUT2D eigenvalue weighted by molar-refractivity contribution is 5.30. The lowest BCUT2D eigenvalue weighted by atomic mass is 10.1. The quantitative estimate of drug-likeness (QED) is 0.552. The first kappa shape index (κ1) is 8.28. The van der Waals surface area contributed by atoms with E-state index in [1.165, 1.54) is 11.1 Å². The van der Waals surface area contributed by atoms with Gasteiger partial charge in [0.05, 0.1) is 12.7 Å².